The van der Waals surface area contributed by atoms with Crippen molar-refractivity contribution in [2.45, 2.75) is 84.0 Å². The van der Waals surface area contributed by atoms with Crippen molar-refractivity contribution in [1.29, 1.82) is 0 Å². The molecular formula is C22H32. The Labute approximate surface area is 137 Å². The standard InChI is InChI=1S/C22H32/c1-3-5-6-7-8-10-20-13-17-22(18-14-20)21-15-11-19(9-4-2)12-16-21/h11-12,15-16,20,22H,3,5-8,10,13-14,17-18H2,1-2H3/t20-,22-. The first-order valence-electron chi connectivity index (χ1n) is 9.36. The van der Waals surface area contributed by atoms with Crippen LogP contribution in [0.4, 0.5) is 0 Å². The third kappa shape index (κ3) is 5.53. The van der Waals surface area contributed by atoms with Crippen LogP contribution in [0.1, 0.15) is 95.1 Å². The maximum Gasteiger partial charge on any atom is 0.0245 e. The minimum absolute atomic E-state index is 0.792. The molecule has 0 bridgehead atoms. The molecular weight excluding hydrogens is 264 g/mol. The second-order valence-electron chi connectivity index (χ2n) is 6.92. The average Bonchev–Trinajstić information content (AvgIpc) is 2.56. The van der Waals surface area contributed by atoms with E-state index < -0.39 is 0 Å². The molecule has 0 saturated heterocycles. The lowest BCUT2D eigenvalue weighted by molar-refractivity contribution is 0.302. The summed E-state index contributed by atoms with van der Waals surface area (Å²) in [5.41, 5.74) is 2.68. The molecule has 0 nitrogen and oxygen atoms in total. The highest BCUT2D eigenvalue weighted by atomic mass is 14.3. The van der Waals surface area contributed by atoms with Crippen molar-refractivity contribution in [3.05, 3.63) is 35.4 Å². The quantitative estimate of drug-likeness (QED) is 0.388. The molecule has 0 atom stereocenters. The summed E-state index contributed by atoms with van der Waals surface area (Å²) in [4.78, 5) is 0. The van der Waals surface area contributed by atoms with Crippen LogP contribution in [0.15, 0.2) is 24.3 Å². The summed E-state index contributed by atoms with van der Waals surface area (Å²) in [6.45, 7) is 4.19. The average molecular weight is 296 g/mol. The molecule has 0 spiro atoms. The Balaban J connectivity index is 1.71. The summed E-state index contributed by atoms with van der Waals surface area (Å²) in [5.74, 6) is 7.90. The normalized spacial score (nSPS) is 21.2. The van der Waals surface area contributed by atoms with Gasteiger partial charge in [-0.2, -0.15) is 0 Å². The van der Waals surface area contributed by atoms with E-state index in [0.29, 0.717) is 0 Å². The van der Waals surface area contributed by atoms with Crippen molar-refractivity contribution in [3.8, 4) is 11.8 Å². The number of hydrogen-bond acceptors (Lipinski definition) is 0. The van der Waals surface area contributed by atoms with E-state index in [4.69, 9.17) is 0 Å². The van der Waals surface area contributed by atoms with Crippen LogP contribution in [0.5, 0.6) is 0 Å². The molecule has 0 unspecified atom stereocenters. The summed E-state index contributed by atoms with van der Waals surface area (Å²) in [7, 11) is 0. The zero-order chi connectivity index (χ0) is 15.6. The van der Waals surface area contributed by atoms with Gasteiger partial charge in [-0.3, -0.25) is 0 Å². The van der Waals surface area contributed by atoms with E-state index in [9.17, 15) is 0 Å². The molecule has 0 N–H and O–H groups in total. The molecule has 0 radical (unpaired) electrons. The Morgan fingerprint density at radius 2 is 1.59 bits per heavy atom. The predicted molar refractivity (Wildman–Crippen MR) is 97.1 cm³/mol. The molecule has 1 aliphatic carbocycles. The summed E-state index contributed by atoms with van der Waals surface area (Å²) in [5, 5.41) is 0. The van der Waals surface area contributed by atoms with E-state index in [-0.39, 0.29) is 0 Å². The van der Waals surface area contributed by atoms with Gasteiger partial charge in [0.25, 0.3) is 0 Å². The van der Waals surface area contributed by atoms with Crippen LogP contribution >= 0.6 is 0 Å². The van der Waals surface area contributed by atoms with Gasteiger partial charge in [0.1, 0.15) is 0 Å². The van der Waals surface area contributed by atoms with Gasteiger partial charge in [0.15, 0.2) is 0 Å². The maximum absolute atomic E-state index is 3.13. The molecule has 0 aliphatic heterocycles. The fourth-order valence-corrected chi connectivity index (χ4v) is 3.80. The first-order chi connectivity index (χ1) is 10.8. The maximum atomic E-state index is 3.13. The van der Waals surface area contributed by atoms with Crippen LogP contribution in [0.3, 0.4) is 0 Å². The molecule has 0 aromatic heterocycles. The molecule has 22 heavy (non-hydrogen) atoms. The minimum atomic E-state index is 0.792. The second-order valence-corrected chi connectivity index (χ2v) is 6.92. The highest BCUT2D eigenvalue weighted by Gasteiger charge is 2.21. The Hall–Kier alpha value is -1.22. The number of unbranched alkanes of at least 4 members (excludes halogenated alkanes) is 4. The van der Waals surface area contributed by atoms with Gasteiger partial charge in [-0.05, 0) is 62.1 Å². The second kappa shape index (κ2) is 9.73. The Morgan fingerprint density at radius 1 is 0.909 bits per heavy atom. The van der Waals surface area contributed by atoms with Gasteiger partial charge in [0, 0.05) is 5.56 Å². The highest BCUT2D eigenvalue weighted by Crippen LogP contribution is 2.37. The van der Waals surface area contributed by atoms with Crippen LogP contribution in [-0.4, -0.2) is 0 Å². The van der Waals surface area contributed by atoms with Crippen LogP contribution < -0.4 is 0 Å². The molecule has 0 heteroatoms. The molecule has 1 aromatic rings. The van der Waals surface area contributed by atoms with Crippen molar-refractivity contribution in [3.63, 3.8) is 0 Å². The topological polar surface area (TPSA) is 0 Å². The molecule has 2 rings (SSSR count). The smallest absolute Gasteiger partial charge is 0.0245 e. The van der Waals surface area contributed by atoms with Gasteiger partial charge in [-0.1, -0.05) is 63.5 Å². The lowest BCUT2D eigenvalue weighted by atomic mass is 9.77. The molecule has 1 fully saturated rings. The summed E-state index contributed by atoms with van der Waals surface area (Å²) in [6.07, 6.45) is 14.3. The number of hydrogen-bond donors (Lipinski definition) is 0. The predicted octanol–water partition coefficient (Wildman–Crippen LogP) is 6.69. The molecule has 1 aliphatic rings. The van der Waals surface area contributed by atoms with Crippen molar-refractivity contribution >= 4 is 0 Å². The zero-order valence-electron chi connectivity index (χ0n) is 14.5. The van der Waals surface area contributed by atoms with Crippen LogP contribution in [0.25, 0.3) is 0 Å². The Kier molecular flexibility index (Phi) is 7.58. The van der Waals surface area contributed by atoms with Crippen LogP contribution in [0.2, 0.25) is 0 Å². The fraction of sp³-hybridized carbons (Fsp3) is 0.636. The largest absolute Gasteiger partial charge is 0.101 e. The summed E-state index contributed by atoms with van der Waals surface area (Å²) >= 11 is 0. The summed E-state index contributed by atoms with van der Waals surface area (Å²) in [6, 6.07) is 8.97. The van der Waals surface area contributed by atoms with Gasteiger partial charge >= 0.3 is 0 Å². The van der Waals surface area contributed by atoms with E-state index >= 15 is 0 Å². The minimum Gasteiger partial charge on any atom is -0.101 e. The third-order valence-electron chi connectivity index (χ3n) is 5.21. The Morgan fingerprint density at radius 3 is 2.23 bits per heavy atom. The third-order valence-corrected chi connectivity index (χ3v) is 5.21. The van der Waals surface area contributed by atoms with E-state index in [2.05, 4.69) is 43.0 Å². The monoisotopic (exact) mass is 296 g/mol. The van der Waals surface area contributed by atoms with Crippen molar-refractivity contribution < 1.29 is 0 Å². The fourth-order valence-electron chi connectivity index (χ4n) is 3.80. The summed E-state index contributed by atoms with van der Waals surface area (Å²) < 4.78 is 0. The molecule has 0 heterocycles. The van der Waals surface area contributed by atoms with E-state index in [0.717, 1.165) is 17.4 Å². The zero-order valence-corrected chi connectivity index (χ0v) is 14.5. The van der Waals surface area contributed by atoms with Crippen LogP contribution in [0, 0.1) is 17.8 Å². The molecule has 0 amide bonds. The molecule has 1 aromatic carbocycles. The SMILES string of the molecule is CC#Cc1ccc([C@H]2CC[C@H](CCCCCCC)CC2)cc1. The van der Waals surface area contributed by atoms with Gasteiger partial charge in [0.2, 0.25) is 0 Å². The lowest BCUT2D eigenvalue weighted by Gasteiger charge is -2.29. The van der Waals surface area contributed by atoms with Gasteiger partial charge in [0.05, 0.1) is 0 Å². The number of benzene rings is 1. The number of rotatable bonds is 7. The van der Waals surface area contributed by atoms with Gasteiger partial charge in [-0.15, -0.1) is 5.92 Å². The van der Waals surface area contributed by atoms with Gasteiger partial charge < -0.3 is 0 Å². The first kappa shape index (κ1) is 17.1. The Bertz CT molecular complexity index is 463. The van der Waals surface area contributed by atoms with E-state index in [1.165, 1.54) is 69.8 Å². The first-order valence-corrected chi connectivity index (χ1v) is 9.36. The van der Waals surface area contributed by atoms with Crippen molar-refractivity contribution in [1.82, 2.24) is 0 Å². The lowest BCUT2D eigenvalue weighted by Crippen LogP contribution is -2.13. The van der Waals surface area contributed by atoms with Crippen LogP contribution in [-0.2, 0) is 0 Å². The molecule has 120 valence electrons. The van der Waals surface area contributed by atoms with E-state index in [1.54, 1.807) is 0 Å². The highest BCUT2D eigenvalue weighted by molar-refractivity contribution is 5.36. The van der Waals surface area contributed by atoms with E-state index in [1.807, 2.05) is 6.92 Å². The molecule has 1 saturated carbocycles. The van der Waals surface area contributed by atoms with Crippen molar-refractivity contribution in [2.75, 3.05) is 0 Å². The van der Waals surface area contributed by atoms with Gasteiger partial charge in [-0.25, -0.2) is 0 Å². The van der Waals surface area contributed by atoms with Crippen molar-refractivity contribution in [2.24, 2.45) is 5.92 Å².